The fourth-order valence-corrected chi connectivity index (χ4v) is 10.1. The van der Waals surface area contributed by atoms with Gasteiger partial charge in [-0.1, -0.05) is 38.5 Å². The number of carbonyl (C=O) groups excluding carboxylic acids is 2. The smallest absolute Gasteiger partial charge is 0.333 e. The predicted octanol–water partition coefficient (Wildman–Crippen LogP) is 3.43. The second kappa shape index (κ2) is 8.59. The maximum absolute atomic E-state index is 13.3. The van der Waals surface area contributed by atoms with Gasteiger partial charge in [-0.3, -0.25) is 8.98 Å². The lowest BCUT2D eigenvalue weighted by molar-refractivity contribution is -0.242. The van der Waals surface area contributed by atoms with Crippen LogP contribution in [0, 0.1) is 46.8 Å². The van der Waals surface area contributed by atoms with E-state index in [1.165, 1.54) is 12.1 Å². The lowest BCUT2D eigenvalue weighted by Gasteiger charge is -2.69. The van der Waals surface area contributed by atoms with Gasteiger partial charge >= 0.3 is 5.97 Å². The molecule has 2 bridgehead atoms. The highest BCUT2D eigenvalue weighted by Crippen LogP contribution is 2.79. The van der Waals surface area contributed by atoms with Gasteiger partial charge in [0.15, 0.2) is 6.61 Å². The largest absolute Gasteiger partial charge is 0.460 e. The van der Waals surface area contributed by atoms with Crippen LogP contribution in [0.25, 0.3) is 0 Å². The summed E-state index contributed by atoms with van der Waals surface area (Å²) in [4.78, 5) is 26.3. The first-order valence-electron chi connectivity index (χ1n) is 13.8. The third-order valence-electron chi connectivity index (χ3n) is 11.1. The van der Waals surface area contributed by atoms with Gasteiger partial charge in [0, 0.05) is 23.2 Å². The summed E-state index contributed by atoms with van der Waals surface area (Å²) in [7, 11) is -4.13. The average Bonchev–Trinajstić information content (AvgIpc) is 3.68. The zero-order valence-corrected chi connectivity index (χ0v) is 23.3. The quantitative estimate of drug-likeness (QED) is 0.327. The fourth-order valence-electron chi connectivity index (χ4n) is 9.24. The normalized spacial score (nSPS) is 45.4. The van der Waals surface area contributed by atoms with E-state index in [2.05, 4.69) is 13.8 Å². The summed E-state index contributed by atoms with van der Waals surface area (Å²) in [6.07, 6.45) is 1.88. The van der Waals surface area contributed by atoms with Crippen molar-refractivity contribution in [2.75, 3.05) is 13.2 Å². The Bertz CT molecular complexity index is 1260. The molecule has 0 amide bonds. The molecule has 208 valence electrons. The number of aliphatic hydroxyl groups excluding tert-OH is 1. The Morgan fingerprint density at radius 1 is 1.18 bits per heavy atom. The molecule has 0 spiro atoms. The van der Waals surface area contributed by atoms with Gasteiger partial charge in [0.2, 0.25) is 0 Å². The van der Waals surface area contributed by atoms with Crippen molar-refractivity contribution < 1.29 is 36.8 Å². The van der Waals surface area contributed by atoms with Crippen molar-refractivity contribution in [1.82, 2.24) is 0 Å². The van der Waals surface area contributed by atoms with Gasteiger partial charge in [0.1, 0.15) is 11.9 Å². The van der Waals surface area contributed by atoms with E-state index < -0.39 is 45.7 Å². The van der Waals surface area contributed by atoms with E-state index in [4.69, 9.17) is 13.7 Å². The molecule has 4 saturated carbocycles. The van der Waals surface area contributed by atoms with Crippen molar-refractivity contribution in [2.45, 2.75) is 83.0 Å². The van der Waals surface area contributed by atoms with Crippen LogP contribution < -0.4 is 0 Å². The van der Waals surface area contributed by atoms with Gasteiger partial charge < -0.3 is 14.6 Å². The van der Waals surface area contributed by atoms with Crippen LogP contribution in [-0.4, -0.2) is 56.8 Å². The van der Waals surface area contributed by atoms with E-state index >= 15 is 0 Å². The number of ether oxygens (including phenoxy) is 2. The highest BCUT2D eigenvalue weighted by Gasteiger charge is 2.78. The minimum absolute atomic E-state index is 0.00429. The molecule has 4 aliphatic carbocycles. The van der Waals surface area contributed by atoms with E-state index in [1.54, 1.807) is 12.1 Å². The summed E-state index contributed by atoms with van der Waals surface area (Å²) in [6.45, 7) is 7.95. The standard InChI is InChI=1S/C29H38O8S/c1-16-5-7-19(8-6-16)38(33,34)36-14-23(31)37-20-12-27(4,22-13-35-22)26(32)18(3)28-10-9-21(30)29(15-28)11-17(2)24(20)25(28)29/h5-8,17-18,20,22,24-26,32H,9-15H2,1-4H3/t17?,18-,20+,22?,24?,25?,26?,27+,28+,29?/m0/s1. The summed E-state index contributed by atoms with van der Waals surface area (Å²) in [5, 5.41) is 11.8. The van der Waals surface area contributed by atoms with Crippen LogP contribution in [-0.2, 0) is 33.4 Å². The Labute approximate surface area is 224 Å². The maximum atomic E-state index is 13.3. The Morgan fingerprint density at radius 2 is 1.87 bits per heavy atom. The number of Topliss-reactive ketones (excluding diaryl/α,β-unsaturated/α-hetero) is 1. The van der Waals surface area contributed by atoms with E-state index in [1.807, 2.05) is 13.8 Å². The molecular formula is C29H38O8S. The first-order chi connectivity index (χ1) is 17.8. The van der Waals surface area contributed by atoms with Gasteiger partial charge in [-0.2, -0.15) is 8.42 Å². The maximum Gasteiger partial charge on any atom is 0.333 e. The minimum Gasteiger partial charge on any atom is -0.460 e. The van der Waals surface area contributed by atoms with Crippen LogP contribution in [0.1, 0.15) is 58.4 Å². The lowest BCUT2D eigenvalue weighted by Crippen LogP contribution is -2.70. The second-order valence-electron chi connectivity index (χ2n) is 13.0. The molecule has 9 heteroatoms. The summed E-state index contributed by atoms with van der Waals surface area (Å²) in [6, 6.07) is 6.22. The number of carbonyl (C=O) groups is 2. The van der Waals surface area contributed by atoms with E-state index in [0.29, 0.717) is 25.2 Å². The van der Waals surface area contributed by atoms with Crippen LogP contribution in [0.4, 0.5) is 0 Å². The Balaban J connectivity index is 1.28. The summed E-state index contributed by atoms with van der Waals surface area (Å²) in [5.74, 6) is -0.284. The third kappa shape index (κ3) is 3.68. The predicted molar refractivity (Wildman–Crippen MR) is 136 cm³/mol. The summed E-state index contributed by atoms with van der Waals surface area (Å²) in [5.41, 5.74) is -0.279. The number of ketones is 1. The molecule has 5 fully saturated rings. The van der Waals surface area contributed by atoms with Crippen LogP contribution in [0.3, 0.4) is 0 Å². The molecule has 8 nitrogen and oxygen atoms in total. The first kappa shape index (κ1) is 26.4. The van der Waals surface area contributed by atoms with Gasteiger partial charge in [0.05, 0.1) is 23.7 Å². The van der Waals surface area contributed by atoms with Crippen molar-refractivity contribution >= 4 is 21.9 Å². The third-order valence-corrected chi connectivity index (χ3v) is 12.4. The number of aryl methyl sites for hydroxylation is 1. The molecule has 1 aromatic rings. The topological polar surface area (TPSA) is 120 Å². The highest BCUT2D eigenvalue weighted by molar-refractivity contribution is 7.86. The monoisotopic (exact) mass is 546 g/mol. The van der Waals surface area contributed by atoms with Crippen molar-refractivity contribution in [3.05, 3.63) is 29.8 Å². The van der Waals surface area contributed by atoms with Gasteiger partial charge in [0.25, 0.3) is 10.1 Å². The van der Waals surface area contributed by atoms with Gasteiger partial charge in [-0.15, -0.1) is 0 Å². The number of esters is 1. The SMILES string of the molecule is Cc1ccc(S(=O)(=O)OCC(=O)O[C@@H]2C[C@](C)(C3CO3)C(O)[C@H](C)[C@]34CCC(=O)C5(CC(C)C2C53)C4)cc1. The molecule has 0 aromatic heterocycles. The minimum atomic E-state index is -4.13. The Kier molecular flexibility index (Phi) is 5.97. The molecule has 1 saturated heterocycles. The molecule has 1 aromatic carbocycles. The summed E-state index contributed by atoms with van der Waals surface area (Å²) < 4.78 is 42.2. The number of rotatable bonds is 6. The van der Waals surface area contributed by atoms with Crippen LogP contribution in [0.15, 0.2) is 29.2 Å². The molecule has 1 heterocycles. The Hall–Kier alpha value is -1.81. The van der Waals surface area contributed by atoms with Crippen LogP contribution >= 0.6 is 0 Å². The molecule has 1 aliphatic heterocycles. The molecule has 6 rings (SSSR count). The van der Waals surface area contributed by atoms with Gasteiger partial charge in [-0.25, -0.2) is 4.79 Å². The zero-order valence-electron chi connectivity index (χ0n) is 22.5. The molecule has 5 aliphatic rings. The summed E-state index contributed by atoms with van der Waals surface area (Å²) >= 11 is 0. The van der Waals surface area contributed by atoms with Gasteiger partial charge in [-0.05, 0) is 67.9 Å². The molecule has 0 radical (unpaired) electrons. The number of benzene rings is 1. The lowest BCUT2D eigenvalue weighted by atomic mass is 9.34. The van der Waals surface area contributed by atoms with E-state index in [9.17, 15) is 23.1 Å². The number of epoxide rings is 1. The van der Waals surface area contributed by atoms with E-state index in [0.717, 1.165) is 24.8 Å². The highest BCUT2D eigenvalue weighted by atomic mass is 32.2. The Morgan fingerprint density at radius 3 is 2.53 bits per heavy atom. The second-order valence-corrected chi connectivity index (χ2v) is 14.7. The average molecular weight is 547 g/mol. The van der Waals surface area contributed by atoms with Crippen molar-refractivity contribution in [3.63, 3.8) is 0 Å². The molecule has 1 N–H and O–H groups in total. The first-order valence-corrected chi connectivity index (χ1v) is 15.2. The number of hydrogen-bond donors (Lipinski definition) is 1. The molecule has 6 unspecified atom stereocenters. The fraction of sp³-hybridized carbons (Fsp3) is 0.724. The number of hydrogen-bond acceptors (Lipinski definition) is 8. The molecule has 38 heavy (non-hydrogen) atoms. The number of aliphatic hydroxyl groups is 1. The van der Waals surface area contributed by atoms with Crippen LogP contribution in [0.5, 0.6) is 0 Å². The van der Waals surface area contributed by atoms with Crippen LogP contribution in [0.2, 0.25) is 0 Å². The van der Waals surface area contributed by atoms with E-state index in [-0.39, 0.29) is 40.1 Å². The van der Waals surface area contributed by atoms with Crippen molar-refractivity contribution in [1.29, 1.82) is 0 Å². The van der Waals surface area contributed by atoms with Crippen molar-refractivity contribution in [3.8, 4) is 0 Å². The molecule has 10 atom stereocenters. The zero-order chi connectivity index (χ0) is 27.3. The van der Waals surface area contributed by atoms with Crippen molar-refractivity contribution in [2.24, 2.45) is 39.9 Å². The molecular weight excluding hydrogens is 508 g/mol.